The smallest absolute Gasteiger partial charge is 0.146 e. The maximum absolute atomic E-state index is 7.67. The molecule has 0 saturated heterocycles. The van der Waals surface area contributed by atoms with Crippen molar-refractivity contribution in [2.75, 3.05) is 7.05 Å². The molecule has 0 spiro atoms. The van der Waals surface area contributed by atoms with E-state index in [-0.39, 0.29) is 0 Å². The van der Waals surface area contributed by atoms with Crippen LogP contribution in [-0.2, 0) is 0 Å². The molecule has 3 nitrogen and oxygen atoms in total. The van der Waals surface area contributed by atoms with Crippen LogP contribution in [0.2, 0.25) is 0 Å². The molecule has 0 heterocycles. The lowest BCUT2D eigenvalue weighted by Gasteiger charge is -2.11. The Kier molecular flexibility index (Phi) is 8.39. The first-order valence-electron chi connectivity index (χ1n) is 5.64. The van der Waals surface area contributed by atoms with Gasteiger partial charge in [0.25, 0.3) is 0 Å². The molecule has 82 valence electrons. The van der Waals surface area contributed by atoms with Crippen molar-refractivity contribution in [1.82, 2.24) is 0 Å². The molecule has 0 fully saturated rings. The van der Waals surface area contributed by atoms with Crippen LogP contribution in [0.25, 0.3) is 0 Å². The molecular weight excluding hydrogens is 174 g/mol. The summed E-state index contributed by atoms with van der Waals surface area (Å²) in [6, 6.07) is 0. The molecule has 0 aliphatic rings. The summed E-state index contributed by atoms with van der Waals surface area (Å²) in [4.78, 5) is 0. The Morgan fingerprint density at radius 2 is 1.93 bits per heavy atom. The third-order valence-electron chi connectivity index (χ3n) is 2.49. The van der Waals surface area contributed by atoms with Crippen molar-refractivity contribution in [2.24, 2.45) is 16.1 Å². The molecule has 0 aliphatic carbocycles. The molecule has 0 aliphatic heterocycles. The van der Waals surface area contributed by atoms with Crippen molar-refractivity contribution in [2.45, 2.75) is 52.4 Å². The molecule has 0 aromatic rings. The zero-order valence-corrected chi connectivity index (χ0v) is 9.71. The molecule has 0 saturated carbocycles. The normalized spacial score (nSPS) is 13.4. The molecule has 14 heavy (non-hydrogen) atoms. The second kappa shape index (κ2) is 8.85. The van der Waals surface area contributed by atoms with Crippen molar-refractivity contribution in [3.63, 3.8) is 0 Å². The van der Waals surface area contributed by atoms with E-state index >= 15 is 0 Å². The Labute approximate surface area is 87.5 Å². The van der Waals surface area contributed by atoms with Crippen molar-refractivity contribution in [1.29, 1.82) is 5.41 Å². The highest BCUT2D eigenvalue weighted by Crippen LogP contribution is 2.16. The van der Waals surface area contributed by atoms with Crippen LogP contribution >= 0.6 is 0 Å². The number of hydrogen-bond donors (Lipinski definition) is 1. The number of hydrogen-bond acceptors (Lipinski definition) is 2. The molecule has 0 amide bonds. The van der Waals surface area contributed by atoms with Crippen LogP contribution in [0.1, 0.15) is 52.4 Å². The van der Waals surface area contributed by atoms with E-state index in [4.69, 9.17) is 5.41 Å². The van der Waals surface area contributed by atoms with Crippen LogP contribution in [0, 0.1) is 11.3 Å². The van der Waals surface area contributed by atoms with E-state index in [1.54, 1.807) is 7.05 Å². The number of nitrogens with zero attached hydrogens (tertiary/aromatic N) is 2. The van der Waals surface area contributed by atoms with Gasteiger partial charge in [-0.15, -0.1) is 5.11 Å². The maximum atomic E-state index is 7.67. The molecular formula is C11H23N3. The number of nitrogens with one attached hydrogen (secondary N) is 1. The zero-order valence-electron chi connectivity index (χ0n) is 9.71. The lowest BCUT2D eigenvalue weighted by atomic mass is 9.97. The van der Waals surface area contributed by atoms with Crippen LogP contribution in [0.15, 0.2) is 10.2 Å². The molecule has 1 N–H and O–H groups in total. The molecule has 3 heteroatoms. The van der Waals surface area contributed by atoms with Gasteiger partial charge in [0, 0.05) is 13.0 Å². The van der Waals surface area contributed by atoms with Crippen molar-refractivity contribution in [3.8, 4) is 0 Å². The third kappa shape index (κ3) is 5.84. The predicted molar refractivity (Wildman–Crippen MR) is 61.0 cm³/mol. The number of azo groups is 1. The number of unbranched alkanes of at least 4 members (excludes halogenated alkanes) is 3. The van der Waals surface area contributed by atoms with E-state index < -0.39 is 0 Å². The summed E-state index contributed by atoms with van der Waals surface area (Å²) >= 11 is 0. The summed E-state index contributed by atoms with van der Waals surface area (Å²) in [5, 5.41) is 15.1. The molecule has 0 rings (SSSR count). The minimum atomic E-state index is 0.315. The SMILES string of the molecule is CCCCCCC(CC)C(=N)N=NC. The largest absolute Gasteiger partial charge is 0.285 e. The molecule has 0 bridgehead atoms. The van der Waals surface area contributed by atoms with Crippen LogP contribution in [-0.4, -0.2) is 12.9 Å². The van der Waals surface area contributed by atoms with Gasteiger partial charge in [-0.1, -0.05) is 39.5 Å². The van der Waals surface area contributed by atoms with Gasteiger partial charge in [0.1, 0.15) is 5.84 Å². The predicted octanol–water partition coefficient (Wildman–Crippen LogP) is 4.04. The minimum absolute atomic E-state index is 0.315. The fourth-order valence-electron chi connectivity index (χ4n) is 1.54. The van der Waals surface area contributed by atoms with E-state index in [0.29, 0.717) is 11.8 Å². The van der Waals surface area contributed by atoms with E-state index in [9.17, 15) is 0 Å². The fourth-order valence-corrected chi connectivity index (χ4v) is 1.54. The van der Waals surface area contributed by atoms with Crippen LogP contribution in [0.3, 0.4) is 0 Å². The van der Waals surface area contributed by atoms with Gasteiger partial charge >= 0.3 is 0 Å². The Bertz CT molecular complexity index is 175. The van der Waals surface area contributed by atoms with Crippen molar-refractivity contribution >= 4 is 5.84 Å². The van der Waals surface area contributed by atoms with E-state index in [0.717, 1.165) is 12.8 Å². The highest BCUT2D eigenvalue weighted by atomic mass is 15.1. The van der Waals surface area contributed by atoms with Crippen molar-refractivity contribution in [3.05, 3.63) is 0 Å². The Morgan fingerprint density at radius 1 is 1.21 bits per heavy atom. The van der Waals surface area contributed by atoms with E-state index in [1.165, 1.54) is 25.7 Å². The van der Waals surface area contributed by atoms with Crippen molar-refractivity contribution < 1.29 is 0 Å². The van der Waals surface area contributed by atoms with E-state index in [1.807, 2.05) is 0 Å². The topological polar surface area (TPSA) is 48.6 Å². The Balaban J connectivity index is 3.73. The monoisotopic (exact) mass is 197 g/mol. The summed E-state index contributed by atoms with van der Waals surface area (Å²) in [7, 11) is 1.62. The minimum Gasteiger partial charge on any atom is -0.285 e. The first-order valence-corrected chi connectivity index (χ1v) is 5.64. The lowest BCUT2D eigenvalue weighted by Crippen LogP contribution is -2.09. The summed E-state index contributed by atoms with van der Waals surface area (Å²) in [5.41, 5.74) is 0. The fraction of sp³-hybridized carbons (Fsp3) is 0.909. The quantitative estimate of drug-likeness (QED) is 0.277. The van der Waals surface area contributed by atoms with Gasteiger partial charge in [0.15, 0.2) is 0 Å². The average molecular weight is 197 g/mol. The van der Waals surface area contributed by atoms with E-state index in [2.05, 4.69) is 24.1 Å². The lowest BCUT2D eigenvalue weighted by molar-refractivity contribution is 0.535. The van der Waals surface area contributed by atoms with Gasteiger partial charge in [-0.05, 0) is 12.8 Å². The highest BCUT2D eigenvalue weighted by molar-refractivity contribution is 5.81. The first-order chi connectivity index (χ1) is 6.76. The van der Waals surface area contributed by atoms with Gasteiger partial charge < -0.3 is 0 Å². The summed E-state index contributed by atoms with van der Waals surface area (Å²) < 4.78 is 0. The second-order valence-electron chi connectivity index (χ2n) is 3.64. The summed E-state index contributed by atoms with van der Waals surface area (Å²) in [6.07, 6.45) is 7.16. The van der Waals surface area contributed by atoms with Crippen LogP contribution in [0.4, 0.5) is 0 Å². The highest BCUT2D eigenvalue weighted by Gasteiger charge is 2.11. The Morgan fingerprint density at radius 3 is 2.43 bits per heavy atom. The summed E-state index contributed by atoms with van der Waals surface area (Å²) in [5.74, 6) is 0.766. The molecule has 1 atom stereocenters. The number of amidine groups is 1. The third-order valence-corrected chi connectivity index (χ3v) is 2.49. The molecule has 0 radical (unpaired) electrons. The first kappa shape index (κ1) is 13.3. The maximum Gasteiger partial charge on any atom is 0.146 e. The molecule has 0 aromatic carbocycles. The van der Waals surface area contributed by atoms with Gasteiger partial charge in [-0.2, -0.15) is 5.11 Å². The van der Waals surface area contributed by atoms with Gasteiger partial charge in [-0.3, -0.25) is 5.41 Å². The van der Waals surface area contributed by atoms with Gasteiger partial charge in [0.05, 0.1) is 0 Å². The second-order valence-corrected chi connectivity index (χ2v) is 3.64. The average Bonchev–Trinajstić information content (AvgIpc) is 2.18. The molecule has 0 aromatic heterocycles. The summed E-state index contributed by atoms with van der Waals surface area (Å²) in [6.45, 7) is 4.33. The number of rotatable bonds is 7. The van der Waals surface area contributed by atoms with Crippen LogP contribution < -0.4 is 0 Å². The Hall–Kier alpha value is -0.730. The van der Waals surface area contributed by atoms with Gasteiger partial charge in [-0.25, -0.2) is 0 Å². The standard InChI is InChI=1S/C11H23N3/c1-4-6-7-8-9-10(5-2)11(12)14-13-3/h10,12H,4-9H2,1-3H3. The van der Waals surface area contributed by atoms with Gasteiger partial charge in [0.2, 0.25) is 0 Å². The van der Waals surface area contributed by atoms with Crippen LogP contribution in [0.5, 0.6) is 0 Å². The zero-order chi connectivity index (χ0) is 10.8. The molecule has 1 unspecified atom stereocenters.